The molecule has 2 aromatic carbocycles. The number of fused-ring (bicyclic) bond motifs is 1. The first-order valence-corrected chi connectivity index (χ1v) is 6.47. The fourth-order valence-corrected chi connectivity index (χ4v) is 2.20. The Bertz CT molecular complexity index is 812. The van der Waals surface area contributed by atoms with Crippen molar-refractivity contribution in [2.75, 3.05) is 7.11 Å². The highest BCUT2D eigenvalue weighted by molar-refractivity contribution is 5.79. The first-order valence-electron chi connectivity index (χ1n) is 6.47. The van der Waals surface area contributed by atoms with Crippen molar-refractivity contribution in [1.29, 1.82) is 5.26 Å². The molecule has 0 amide bonds. The fraction of sp³-hybridized carbons (Fsp3) is 0.118. The number of ether oxygens (including phenoxy) is 1. The maximum absolute atomic E-state index is 10.4. The smallest absolute Gasteiger partial charge is 0.138 e. The second-order valence-corrected chi connectivity index (χ2v) is 4.69. The third kappa shape index (κ3) is 2.47. The van der Waals surface area contributed by atoms with Crippen LogP contribution in [0.25, 0.3) is 11.0 Å². The highest BCUT2D eigenvalue weighted by Crippen LogP contribution is 2.30. The minimum Gasteiger partial charge on any atom is -0.497 e. The molecule has 3 aromatic rings. The van der Waals surface area contributed by atoms with Crippen molar-refractivity contribution in [1.82, 2.24) is 0 Å². The molecule has 0 aliphatic carbocycles. The SMILES string of the molecule is COc1ccc2cc(C(O)c3ccc(C#N)cc3)oc2c1. The second-order valence-electron chi connectivity index (χ2n) is 4.69. The number of aliphatic hydroxyl groups excluding tert-OH is 1. The van der Waals surface area contributed by atoms with Gasteiger partial charge in [-0.15, -0.1) is 0 Å². The molecule has 1 unspecified atom stereocenters. The standard InChI is InChI=1S/C17H13NO3/c1-20-14-7-6-13-8-16(21-15(13)9-14)17(19)12-4-2-11(10-18)3-5-12/h2-9,17,19H,1H3. The van der Waals surface area contributed by atoms with Crippen LogP contribution in [0.1, 0.15) is 23.0 Å². The molecule has 0 saturated heterocycles. The lowest BCUT2D eigenvalue weighted by atomic mass is 10.1. The number of hydrogen-bond acceptors (Lipinski definition) is 4. The molecular weight excluding hydrogens is 266 g/mol. The maximum atomic E-state index is 10.4. The zero-order chi connectivity index (χ0) is 14.8. The molecule has 0 aliphatic heterocycles. The number of methoxy groups -OCH3 is 1. The minimum absolute atomic E-state index is 0.461. The molecular formula is C17H13NO3. The van der Waals surface area contributed by atoms with Crippen LogP contribution in [0.5, 0.6) is 5.75 Å². The third-order valence-electron chi connectivity index (χ3n) is 3.37. The van der Waals surface area contributed by atoms with Crippen molar-refractivity contribution >= 4 is 11.0 Å². The Morgan fingerprint density at radius 3 is 2.57 bits per heavy atom. The number of benzene rings is 2. The Morgan fingerprint density at radius 1 is 1.14 bits per heavy atom. The van der Waals surface area contributed by atoms with Crippen molar-refractivity contribution in [3.05, 3.63) is 65.4 Å². The van der Waals surface area contributed by atoms with Gasteiger partial charge >= 0.3 is 0 Å². The summed E-state index contributed by atoms with van der Waals surface area (Å²) in [7, 11) is 1.59. The molecule has 0 saturated carbocycles. The summed E-state index contributed by atoms with van der Waals surface area (Å²) < 4.78 is 10.8. The minimum atomic E-state index is -0.865. The molecule has 1 aromatic heterocycles. The van der Waals surface area contributed by atoms with E-state index in [0.29, 0.717) is 28.2 Å². The lowest BCUT2D eigenvalue weighted by molar-refractivity contribution is 0.192. The molecule has 1 N–H and O–H groups in total. The number of nitrogens with zero attached hydrogens (tertiary/aromatic N) is 1. The van der Waals surface area contributed by atoms with Crippen LogP contribution in [0.2, 0.25) is 0 Å². The van der Waals surface area contributed by atoms with Gasteiger partial charge in [0.1, 0.15) is 23.2 Å². The molecule has 1 heterocycles. The monoisotopic (exact) mass is 279 g/mol. The van der Waals surface area contributed by atoms with Crippen LogP contribution in [-0.2, 0) is 0 Å². The molecule has 0 fully saturated rings. The number of nitriles is 1. The first-order chi connectivity index (χ1) is 10.2. The van der Waals surface area contributed by atoms with Crippen molar-refractivity contribution in [3.8, 4) is 11.8 Å². The summed E-state index contributed by atoms with van der Waals surface area (Å²) in [5, 5.41) is 20.1. The van der Waals surface area contributed by atoms with E-state index in [2.05, 4.69) is 0 Å². The third-order valence-corrected chi connectivity index (χ3v) is 3.37. The molecule has 0 bridgehead atoms. The van der Waals surface area contributed by atoms with Gasteiger partial charge in [0.15, 0.2) is 0 Å². The Balaban J connectivity index is 1.96. The van der Waals surface area contributed by atoms with Crippen molar-refractivity contribution in [3.63, 3.8) is 0 Å². The normalized spacial score (nSPS) is 12.0. The van der Waals surface area contributed by atoms with E-state index in [4.69, 9.17) is 14.4 Å². The largest absolute Gasteiger partial charge is 0.497 e. The quantitative estimate of drug-likeness (QED) is 0.798. The highest BCUT2D eigenvalue weighted by Gasteiger charge is 2.16. The summed E-state index contributed by atoms with van der Waals surface area (Å²) >= 11 is 0. The summed E-state index contributed by atoms with van der Waals surface area (Å²) in [6, 6.07) is 16.1. The van der Waals surface area contributed by atoms with E-state index in [9.17, 15) is 5.11 Å². The number of aliphatic hydroxyl groups is 1. The van der Waals surface area contributed by atoms with E-state index in [-0.39, 0.29) is 0 Å². The lowest BCUT2D eigenvalue weighted by Crippen LogP contribution is -1.97. The zero-order valence-corrected chi connectivity index (χ0v) is 11.4. The summed E-state index contributed by atoms with van der Waals surface area (Å²) in [4.78, 5) is 0. The predicted octanol–water partition coefficient (Wildman–Crippen LogP) is 3.39. The van der Waals surface area contributed by atoms with Gasteiger partial charge in [-0.2, -0.15) is 5.26 Å². The van der Waals surface area contributed by atoms with Gasteiger partial charge in [-0.3, -0.25) is 0 Å². The summed E-state index contributed by atoms with van der Waals surface area (Å²) in [5.74, 6) is 1.17. The molecule has 104 valence electrons. The van der Waals surface area contributed by atoms with E-state index >= 15 is 0 Å². The van der Waals surface area contributed by atoms with E-state index in [1.54, 1.807) is 43.5 Å². The van der Waals surface area contributed by atoms with E-state index in [0.717, 1.165) is 5.39 Å². The molecule has 4 heteroatoms. The predicted molar refractivity (Wildman–Crippen MR) is 78.0 cm³/mol. The Kier molecular flexibility index (Phi) is 3.35. The second kappa shape index (κ2) is 5.31. The van der Waals surface area contributed by atoms with Crippen LogP contribution in [-0.4, -0.2) is 12.2 Å². The van der Waals surface area contributed by atoms with Crippen LogP contribution in [0, 0.1) is 11.3 Å². The number of furan rings is 1. The molecule has 21 heavy (non-hydrogen) atoms. The summed E-state index contributed by atoms with van der Waals surface area (Å²) in [6.45, 7) is 0. The lowest BCUT2D eigenvalue weighted by Gasteiger charge is -2.07. The number of rotatable bonds is 3. The average molecular weight is 279 g/mol. The van der Waals surface area contributed by atoms with Crippen molar-refractivity contribution in [2.24, 2.45) is 0 Å². The topological polar surface area (TPSA) is 66.4 Å². The Hall–Kier alpha value is -2.77. The molecule has 0 radical (unpaired) electrons. The van der Waals surface area contributed by atoms with Crippen LogP contribution in [0.3, 0.4) is 0 Å². The van der Waals surface area contributed by atoms with E-state index in [1.165, 1.54) is 0 Å². The van der Waals surface area contributed by atoms with Gasteiger partial charge in [0.25, 0.3) is 0 Å². The first kappa shape index (κ1) is 13.2. The molecule has 0 aliphatic rings. The summed E-state index contributed by atoms with van der Waals surface area (Å²) in [6.07, 6.45) is -0.865. The van der Waals surface area contributed by atoms with Crippen LogP contribution < -0.4 is 4.74 Å². The van der Waals surface area contributed by atoms with Gasteiger partial charge in [-0.05, 0) is 35.9 Å². The fourth-order valence-electron chi connectivity index (χ4n) is 2.20. The zero-order valence-electron chi connectivity index (χ0n) is 11.4. The average Bonchev–Trinajstić information content (AvgIpc) is 2.97. The van der Waals surface area contributed by atoms with Gasteiger partial charge in [-0.25, -0.2) is 0 Å². The molecule has 0 spiro atoms. The van der Waals surface area contributed by atoms with Gasteiger partial charge in [0.2, 0.25) is 0 Å². The van der Waals surface area contributed by atoms with Crippen LogP contribution in [0.15, 0.2) is 52.9 Å². The molecule has 1 atom stereocenters. The van der Waals surface area contributed by atoms with Crippen LogP contribution in [0.4, 0.5) is 0 Å². The molecule has 3 rings (SSSR count). The maximum Gasteiger partial charge on any atom is 0.138 e. The van der Waals surface area contributed by atoms with E-state index in [1.807, 2.05) is 18.2 Å². The van der Waals surface area contributed by atoms with Crippen molar-refractivity contribution in [2.45, 2.75) is 6.10 Å². The van der Waals surface area contributed by atoms with Gasteiger partial charge in [0.05, 0.1) is 18.7 Å². The van der Waals surface area contributed by atoms with Gasteiger partial charge < -0.3 is 14.3 Å². The van der Waals surface area contributed by atoms with Gasteiger partial charge in [0, 0.05) is 11.5 Å². The molecule has 4 nitrogen and oxygen atoms in total. The van der Waals surface area contributed by atoms with Crippen LogP contribution >= 0.6 is 0 Å². The Morgan fingerprint density at radius 2 is 1.90 bits per heavy atom. The highest BCUT2D eigenvalue weighted by atomic mass is 16.5. The van der Waals surface area contributed by atoms with Gasteiger partial charge in [-0.1, -0.05) is 12.1 Å². The Labute approximate surface area is 121 Å². The van der Waals surface area contributed by atoms with Crippen molar-refractivity contribution < 1.29 is 14.3 Å². The van der Waals surface area contributed by atoms with E-state index < -0.39 is 6.10 Å². The summed E-state index contributed by atoms with van der Waals surface area (Å²) in [5.41, 5.74) is 1.90. The number of hydrogen-bond donors (Lipinski definition) is 1.